The Morgan fingerprint density at radius 3 is 2.90 bits per heavy atom. The fourth-order valence-electron chi connectivity index (χ4n) is 2.46. The molecular weight excluding hydrogens is 288 g/mol. The van der Waals surface area contributed by atoms with E-state index in [9.17, 15) is 4.79 Å². The van der Waals surface area contributed by atoms with E-state index < -0.39 is 5.60 Å². The van der Waals surface area contributed by atoms with Crippen LogP contribution in [-0.2, 0) is 11.3 Å². The van der Waals surface area contributed by atoms with Crippen LogP contribution in [-0.4, -0.2) is 35.7 Å². The number of carbonyl (C=O) groups is 1. The number of amides is 1. The number of nitrogens with one attached hydrogen (secondary N) is 1. The van der Waals surface area contributed by atoms with E-state index in [0.29, 0.717) is 0 Å². The molecule has 0 saturated carbocycles. The molecule has 0 bridgehead atoms. The zero-order valence-corrected chi connectivity index (χ0v) is 13.6. The molecule has 5 heteroatoms. The van der Waals surface area contributed by atoms with Gasteiger partial charge >= 0.3 is 6.09 Å². The number of carbonyl (C=O) groups excluding carboxylic acids is 1. The number of hydrogen-bond acceptors (Lipinski definition) is 3. The van der Waals surface area contributed by atoms with Gasteiger partial charge in [-0.3, -0.25) is 4.90 Å². The topological polar surface area (TPSA) is 41.6 Å². The quantitative estimate of drug-likeness (QED) is 0.930. The minimum atomic E-state index is -0.455. The van der Waals surface area contributed by atoms with Crippen molar-refractivity contribution in [3.05, 3.63) is 34.9 Å². The largest absolute Gasteiger partial charge is 0.444 e. The summed E-state index contributed by atoms with van der Waals surface area (Å²) in [4.78, 5) is 14.1. The van der Waals surface area contributed by atoms with Gasteiger partial charge in [-0.05, 0) is 44.9 Å². The Hall–Kier alpha value is -1.26. The Balaban J connectivity index is 1.80. The molecule has 1 aromatic rings. The fourth-order valence-corrected chi connectivity index (χ4v) is 2.67. The first kappa shape index (κ1) is 16.1. The molecule has 0 radical (unpaired) electrons. The number of hydrogen-bond donors (Lipinski definition) is 1. The number of nitrogens with zero attached hydrogens (tertiary/aromatic N) is 1. The molecule has 4 nitrogen and oxygen atoms in total. The van der Waals surface area contributed by atoms with Crippen molar-refractivity contribution in [1.29, 1.82) is 0 Å². The summed E-state index contributed by atoms with van der Waals surface area (Å²) in [5.74, 6) is 0. The lowest BCUT2D eigenvalue weighted by atomic mass is 10.2. The summed E-state index contributed by atoms with van der Waals surface area (Å²) < 4.78 is 5.28. The molecule has 2 rings (SSSR count). The number of likely N-dealkylation sites (tertiary alicyclic amines) is 1. The zero-order valence-electron chi connectivity index (χ0n) is 12.9. The van der Waals surface area contributed by atoms with Gasteiger partial charge in [0.1, 0.15) is 5.60 Å². The molecule has 1 amide bonds. The van der Waals surface area contributed by atoms with Crippen molar-refractivity contribution in [3.8, 4) is 0 Å². The maximum atomic E-state index is 11.8. The van der Waals surface area contributed by atoms with Gasteiger partial charge in [-0.15, -0.1) is 0 Å². The molecule has 0 aromatic heterocycles. The summed E-state index contributed by atoms with van der Waals surface area (Å²) in [5.41, 5.74) is 0.740. The van der Waals surface area contributed by atoms with Crippen LogP contribution in [0.1, 0.15) is 32.8 Å². The number of alkyl carbamates (subject to hydrolysis) is 1. The highest BCUT2D eigenvalue weighted by atomic mass is 35.5. The van der Waals surface area contributed by atoms with Crippen molar-refractivity contribution in [2.24, 2.45) is 0 Å². The van der Waals surface area contributed by atoms with Crippen LogP contribution >= 0.6 is 11.6 Å². The Morgan fingerprint density at radius 2 is 2.24 bits per heavy atom. The normalized spacial score (nSPS) is 19.5. The van der Waals surface area contributed by atoms with Gasteiger partial charge in [-0.1, -0.05) is 23.7 Å². The highest BCUT2D eigenvalue weighted by Gasteiger charge is 2.26. The van der Waals surface area contributed by atoms with Gasteiger partial charge in [0, 0.05) is 30.7 Å². The summed E-state index contributed by atoms with van der Waals surface area (Å²) in [7, 11) is 0. The van der Waals surface area contributed by atoms with E-state index in [2.05, 4.69) is 16.3 Å². The Kier molecular flexibility index (Phi) is 5.12. The third-order valence-electron chi connectivity index (χ3n) is 3.29. The van der Waals surface area contributed by atoms with Crippen molar-refractivity contribution in [1.82, 2.24) is 10.2 Å². The van der Waals surface area contributed by atoms with E-state index in [1.165, 1.54) is 5.56 Å². The van der Waals surface area contributed by atoms with E-state index in [-0.39, 0.29) is 12.1 Å². The Morgan fingerprint density at radius 1 is 1.48 bits per heavy atom. The van der Waals surface area contributed by atoms with Crippen LogP contribution in [0.15, 0.2) is 24.3 Å². The molecule has 1 aromatic carbocycles. The molecule has 1 fully saturated rings. The lowest BCUT2D eigenvalue weighted by Gasteiger charge is -2.22. The smallest absolute Gasteiger partial charge is 0.407 e. The van der Waals surface area contributed by atoms with E-state index in [1.54, 1.807) is 0 Å². The lowest BCUT2D eigenvalue weighted by Crippen LogP contribution is -2.40. The summed E-state index contributed by atoms with van der Waals surface area (Å²) in [6, 6.07) is 8.04. The monoisotopic (exact) mass is 310 g/mol. The molecule has 1 saturated heterocycles. The summed E-state index contributed by atoms with van der Waals surface area (Å²) in [5, 5.41) is 3.69. The molecular formula is C16H23ClN2O2. The van der Waals surface area contributed by atoms with E-state index in [0.717, 1.165) is 31.1 Å². The van der Waals surface area contributed by atoms with Crippen molar-refractivity contribution >= 4 is 17.7 Å². The number of rotatable bonds is 3. The number of halogens is 1. The molecule has 116 valence electrons. The second-order valence-electron chi connectivity index (χ2n) is 6.50. The van der Waals surface area contributed by atoms with Gasteiger partial charge in [0.05, 0.1) is 0 Å². The van der Waals surface area contributed by atoms with Gasteiger partial charge in [-0.2, -0.15) is 0 Å². The fraction of sp³-hybridized carbons (Fsp3) is 0.562. The molecule has 1 N–H and O–H groups in total. The van der Waals surface area contributed by atoms with Crippen LogP contribution in [0.3, 0.4) is 0 Å². The minimum absolute atomic E-state index is 0.152. The van der Waals surface area contributed by atoms with Crippen molar-refractivity contribution in [2.45, 2.75) is 45.4 Å². The molecule has 0 spiro atoms. The number of ether oxygens (including phenoxy) is 1. The predicted molar refractivity (Wildman–Crippen MR) is 84.5 cm³/mol. The van der Waals surface area contributed by atoms with Crippen LogP contribution in [0, 0.1) is 0 Å². The van der Waals surface area contributed by atoms with Gasteiger partial charge in [-0.25, -0.2) is 4.79 Å². The van der Waals surface area contributed by atoms with E-state index in [1.807, 2.05) is 39.0 Å². The first-order chi connectivity index (χ1) is 9.82. The van der Waals surface area contributed by atoms with Crippen LogP contribution in [0.4, 0.5) is 4.79 Å². The van der Waals surface area contributed by atoms with Gasteiger partial charge in [0.15, 0.2) is 0 Å². The molecule has 1 unspecified atom stereocenters. The van der Waals surface area contributed by atoms with Crippen molar-refractivity contribution < 1.29 is 9.53 Å². The molecule has 21 heavy (non-hydrogen) atoms. The van der Waals surface area contributed by atoms with E-state index in [4.69, 9.17) is 16.3 Å². The average molecular weight is 311 g/mol. The molecule has 1 aliphatic heterocycles. The van der Waals surface area contributed by atoms with Gasteiger partial charge in [0.25, 0.3) is 0 Å². The summed E-state index contributed by atoms with van der Waals surface area (Å²) in [6.45, 7) is 8.26. The Labute approximate surface area is 131 Å². The van der Waals surface area contributed by atoms with Gasteiger partial charge < -0.3 is 10.1 Å². The standard InChI is InChI=1S/C16H23ClN2O2/c1-16(2,3)21-15(20)18-14-7-8-19(11-14)10-12-5-4-6-13(17)9-12/h4-6,9,14H,7-8,10-11H2,1-3H3,(H,18,20). The molecule has 1 atom stereocenters. The molecule has 1 heterocycles. The number of benzene rings is 1. The first-order valence-electron chi connectivity index (χ1n) is 7.28. The van der Waals surface area contributed by atoms with E-state index >= 15 is 0 Å². The van der Waals surface area contributed by atoms with Crippen LogP contribution in [0.2, 0.25) is 5.02 Å². The maximum absolute atomic E-state index is 11.8. The van der Waals surface area contributed by atoms with Crippen LogP contribution in [0.25, 0.3) is 0 Å². The third kappa shape index (κ3) is 5.56. The SMILES string of the molecule is CC(C)(C)OC(=O)NC1CCN(Cc2cccc(Cl)c2)C1. The van der Waals surface area contributed by atoms with Gasteiger partial charge in [0.2, 0.25) is 0 Å². The van der Waals surface area contributed by atoms with Crippen LogP contribution < -0.4 is 5.32 Å². The second-order valence-corrected chi connectivity index (χ2v) is 6.93. The zero-order chi connectivity index (χ0) is 15.5. The predicted octanol–water partition coefficient (Wildman–Crippen LogP) is 3.44. The minimum Gasteiger partial charge on any atom is -0.444 e. The average Bonchev–Trinajstić information content (AvgIpc) is 2.73. The molecule has 1 aliphatic rings. The second kappa shape index (κ2) is 6.67. The highest BCUT2D eigenvalue weighted by Crippen LogP contribution is 2.17. The summed E-state index contributed by atoms with van der Waals surface area (Å²) in [6.07, 6.45) is 0.608. The van der Waals surface area contributed by atoms with Crippen molar-refractivity contribution in [2.75, 3.05) is 13.1 Å². The lowest BCUT2D eigenvalue weighted by molar-refractivity contribution is 0.0506. The summed E-state index contributed by atoms with van der Waals surface area (Å²) >= 11 is 6.00. The first-order valence-corrected chi connectivity index (χ1v) is 7.66. The molecule has 0 aliphatic carbocycles. The Bertz CT molecular complexity index is 499. The third-order valence-corrected chi connectivity index (χ3v) is 3.52. The van der Waals surface area contributed by atoms with Crippen molar-refractivity contribution in [3.63, 3.8) is 0 Å². The van der Waals surface area contributed by atoms with Crippen LogP contribution in [0.5, 0.6) is 0 Å². The highest BCUT2D eigenvalue weighted by molar-refractivity contribution is 6.30. The maximum Gasteiger partial charge on any atom is 0.407 e.